The average molecular weight is 445 g/mol. The van der Waals surface area contributed by atoms with Gasteiger partial charge in [0.15, 0.2) is 17.4 Å². The molecule has 1 aliphatic rings. The van der Waals surface area contributed by atoms with Gasteiger partial charge in [0.05, 0.1) is 12.0 Å². The second-order valence-corrected chi connectivity index (χ2v) is 7.87. The lowest BCUT2D eigenvalue weighted by Crippen LogP contribution is -2.27. The molecule has 0 unspecified atom stereocenters. The van der Waals surface area contributed by atoms with E-state index in [0.29, 0.717) is 43.4 Å². The Morgan fingerprint density at radius 1 is 0.938 bits per heavy atom. The van der Waals surface area contributed by atoms with Gasteiger partial charge in [0.1, 0.15) is 5.75 Å². The summed E-state index contributed by atoms with van der Waals surface area (Å²) in [6.45, 7) is 0.226. The van der Waals surface area contributed by atoms with E-state index in [-0.39, 0.29) is 36.3 Å². The average Bonchev–Trinajstić information content (AvgIpc) is 2.79. The molecule has 32 heavy (non-hydrogen) atoms. The summed E-state index contributed by atoms with van der Waals surface area (Å²) >= 11 is 0. The number of ether oxygens (including phenoxy) is 1. The lowest BCUT2D eigenvalue weighted by atomic mass is 9.87. The first-order chi connectivity index (χ1) is 15.3. The zero-order valence-electron chi connectivity index (χ0n) is 17.5. The highest BCUT2D eigenvalue weighted by atomic mass is 19.2. The minimum Gasteiger partial charge on any atom is -0.490 e. The van der Waals surface area contributed by atoms with Gasteiger partial charge in [-0.25, -0.2) is 8.78 Å². The third-order valence-electron chi connectivity index (χ3n) is 5.55. The zero-order chi connectivity index (χ0) is 23.1. The Morgan fingerprint density at radius 2 is 1.59 bits per heavy atom. The topological polar surface area (TPSA) is 92.7 Å². The molecular formula is C24H25F2NO5. The van der Waals surface area contributed by atoms with E-state index in [1.165, 1.54) is 6.07 Å². The SMILES string of the molecule is O=C(CCCNC(=O)c1ccc(F)c(F)c1)c1ccc(OC2CCC(C(=O)O)CC2)cc1. The van der Waals surface area contributed by atoms with E-state index < -0.39 is 23.5 Å². The minimum atomic E-state index is -1.09. The smallest absolute Gasteiger partial charge is 0.306 e. The number of hydrogen-bond acceptors (Lipinski definition) is 4. The minimum absolute atomic E-state index is 0.0160. The molecule has 0 aliphatic heterocycles. The summed E-state index contributed by atoms with van der Waals surface area (Å²) in [5, 5.41) is 11.6. The number of rotatable bonds is 9. The summed E-state index contributed by atoms with van der Waals surface area (Å²) in [5.41, 5.74) is 0.543. The van der Waals surface area contributed by atoms with Crippen LogP contribution < -0.4 is 10.1 Å². The van der Waals surface area contributed by atoms with Gasteiger partial charge in [0.25, 0.3) is 5.91 Å². The van der Waals surface area contributed by atoms with Crippen LogP contribution in [0.1, 0.15) is 59.2 Å². The maximum atomic E-state index is 13.2. The molecule has 0 bridgehead atoms. The molecule has 1 aliphatic carbocycles. The van der Waals surface area contributed by atoms with Crippen LogP contribution >= 0.6 is 0 Å². The van der Waals surface area contributed by atoms with Gasteiger partial charge in [-0.1, -0.05) is 0 Å². The van der Waals surface area contributed by atoms with Crippen molar-refractivity contribution in [3.63, 3.8) is 0 Å². The first-order valence-corrected chi connectivity index (χ1v) is 10.6. The van der Waals surface area contributed by atoms with Crippen molar-refractivity contribution in [3.05, 3.63) is 65.2 Å². The highest BCUT2D eigenvalue weighted by molar-refractivity contribution is 5.96. The van der Waals surface area contributed by atoms with Crippen LogP contribution in [0.4, 0.5) is 8.78 Å². The Hall–Kier alpha value is -3.29. The van der Waals surface area contributed by atoms with Crippen molar-refractivity contribution < 1.29 is 33.0 Å². The van der Waals surface area contributed by atoms with Crippen LogP contribution in [0.15, 0.2) is 42.5 Å². The second-order valence-electron chi connectivity index (χ2n) is 7.87. The standard InChI is InChI=1S/C24H25F2NO5/c25-20-12-7-17(14-21(20)26)23(29)27-13-1-2-22(28)15-3-8-18(9-4-15)32-19-10-5-16(6-11-19)24(30)31/h3-4,7-9,12,14,16,19H,1-2,5-6,10-11,13H2,(H,27,29)(H,30,31). The van der Waals surface area contributed by atoms with Crippen molar-refractivity contribution in [2.24, 2.45) is 5.92 Å². The van der Waals surface area contributed by atoms with Crippen LogP contribution in [0.2, 0.25) is 0 Å². The Kier molecular flexibility index (Phi) is 7.92. The molecule has 1 amide bonds. The van der Waals surface area contributed by atoms with E-state index >= 15 is 0 Å². The molecule has 0 heterocycles. The lowest BCUT2D eigenvalue weighted by molar-refractivity contribution is -0.143. The molecule has 6 nitrogen and oxygen atoms in total. The van der Waals surface area contributed by atoms with Gasteiger partial charge < -0.3 is 15.2 Å². The number of Topliss-reactive ketones (excluding diaryl/α,β-unsaturated/α-hetero) is 1. The van der Waals surface area contributed by atoms with E-state index in [1.807, 2.05) is 0 Å². The number of carbonyl (C=O) groups excluding carboxylic acids is 2. The van der Waals surface area contributed by atoms with Crippen LogP contribution in [0.3, 0.4) is 0 Å². The molecule has 2 aromatic carbocycles. The van der Waals surface area contributed by atoms with Gasteiger partial charge in [0.2, 0.25) is 0 Å². The molecule has 8 heteroatoms. The maximum Gasteiger partial charge on any atom is 0.306 e. The van der Waals surface area contributed by atoms with Gasteiger partial charge in [-0.3, -0.25) is 14.4 Å². The predicted octanol–water partition coefficient (Wildman–Crippen LogP) is 4.38. The van der Waals surface area contributed by atoms with Crippen LogP contribution in [0.25, 0.3) is 0 Å². The maximum absolute atomic E-state index is 13.2. The van der Waals surface area contributed by atoms with Gasteiger partial charge >= 0.3 is 5.97 Å². The fourth-order valence-electron chi connectivity index (χ4n) is 3.67. The van der Waals surface area contributed by atoms with E-state index in [0.717, 1.165) is 12.1 Å². The Morgan fingerprint density at radius 3 is 2.22 bits per heavy atom. The molecule has 0 atom stereocenters. The number of amides is 1. The summed E-state index contributed by atoms with van der Waals surface area (Å²) in [4.78, 5) is 35.3. The fraction of sp³-hybridized carbons (Fsp3) is 0.375. The number of hydrogen-bond donors (Lipinski definition) is 2. The number of aliphatic carboxylic acids is 1. The molecule has 0 spiro atoms. The monoisotopic (exact) mass is 445 g/mol. The summed E-state index contributed by atoms with van der Waals surface area (Å²) in [6, 6.07) is 9.73. The molecule has 2 aromatic rings. The largest absolute Gasteiger partial charge is 0.490 e. The summed E-state index contributed by atoms with van der Waals surface area (Å²) < 4.78 is 32.0. The van der Waals surface area contributed by atoms with Gasteiger partial charge in [-0.05, 0) is 74.6 Å². The zero-order valence-corrected chi connectivity index (χ0v) is 17.5. The lowest BCUT2D eigenvalue weighted by Gasteiger charge is -2.26. The van der Waals surface area contributed by atoms with Crippen molar-refractivity contribution >= 4 is 17.7 Å². The second kappa shape index (κ2) is 10.8. The first kappa shape index (κ1) is 23.4. The van der Waals surface area contributed by atoms with E-state index in [4.69, 9.17) is 9.84 Å². The quantitative estimate of drug-likeness (QED) is 0.441. The van der Waals surface area contributed by atoms with Crippen molar-refractivity contribution in [3.8, 4) is 5.75 Å². The summed E-state index contributed by atoms with van der Waals surface area (Å²) in [7, 11) is 0. The molecule has 1 saturated carbocycles. The molecule has 3 rings (SSSR count). The number of halogens is 2. The van der Waals surface area contributed by atoms with Crippen LogP contribution in [0, 0.1) is 17.6 Å². The summed E-state index contributed by atoms with van der Waals surface area (Å²) in [5.74, 6) is -3.14. The van der Waals surface area contributed by atoms with Gasteiger partial charge in [-0.15, -0.1) is 0 Å². The number of carboxylic acid groups (broad SMARTS) is 1. The van der Waals surface area contributed by atoms with Crippen molar-refractivity contribution in [1.29, 1.82) is 0 Å². The van der Waals surface area contributed by atoms with Crippen LogP contribution in [0.5, 0.6) is 5.75 Å². The van der Waals surface area contributed by atoms with Crippen LogP contribution in [-0.2, 0) is 4.79 Å². The van der Waals surface area contributed by atoms with Crippen molar-refractivity contribution in [2.75, 3.05) is 6.54 Å². The predicted molar refractivity (Wildman–Crippen MR) is 113 cm³/mol. The highest BCUT2D eigenvalue weighted by Crippen LogP contribution is 2.28. The van der Waals surface area contributed by atoms with Crippen molar-refractivity contribution in [1.82, 2.24) is 5.32 Å². The van der Waals surface area contributed by atoms with Gasteiger partial charge in [0, 0.05) is 24.1 Å². The fourth-order valence-corrected chi connectivity index (χ4v) is 3.67. The molecule has 0 saturated heterocycles. The number of carboxylic acids is 1. The Balaban J connectivity index is 1.39. The molecule has 0 radical (unpaired) electrons. The van der Waals surface area contributed by atoms with E-state index in [1.54, 1.807) is 24.3 Å². The van der Waals surface area contributed by atoms with Crippen molar-refractivity contribution in [2.45, 2.75) is 44.6 Å². The third-order valence-corrected chi connectivity index (χ3v) is 5.55. The molecular weight excluding hydrogens is 420 g/mol. The van der Waals surface area contributed by atoms with Crippen LogP contribution in [-0.4, -0.2) is 35.4 Å². The van der Waals surface area contributed by atoms with E-state index in [9.17, 15) is 23.2 Å². The molecule has 1 fully saturated rings. The third kappa shape index (κ3) is 6.35. The number of ketones is 1. The molecule has 2 N–H and O–H groups in total. The highest BCUT2D eigenvalue weighted by Gasteiger charge is 2.26. The number of nitrogens with one attached hydrogen (secondary N) is 1. The summed E-state index contributed by atoms with van der Waals surface area (Å²) in [6.07, 6.45) is 3.18. The van der Waals surface area contributed by atoms with E-state index in [2.05, 4.69) is 5.32 Å². The Bertz CT molecular complexity index is 969. The number of carbonyl (C=O) groups is 3. The first-order valence-electron chi connectivity index (χ1n) is 10.6. The number of benzene rings is 2. The Labute approximate surface area is 184 Å². The molecule has 0 aromatic heterocycles. The van der Waals surface area contributed by atoms with Gasteiger partial charge in [-0.2, -0.15) is 0 Å². The normalized spacial score (nSPS) is 18.1. The molecule has 170 valence electrons.